The lowest BCUT2D eigenvalue weighted by Gasteiger charge is -2.24. The van der Waals surface area contributed by atoms with Crippen LogP contribution in [0.2, 0.25) is 0 Å². The molecule has 0 heterocycles. The fourth-order valence-electron chi connectivity index (χ4n) is 1.75. The van der Waals surface area contributed by atoms with E-state index in [0.29, 0.717) is 5.54 Å². The van der Waals surface area contributed by atoms with Gasteiger partial charge in [-0.15, -0.1) is 6.58 Å². The van der Waals surface area contributed by atoms with Crippen molar-refractivity contribution in [1.29, 1.82) is 0 Å². The lowest BCUT2D eigenvalue weighted by molar-refractivity contribution is 0.229. The molecule has 2 atom stereocenters. The average molecular weight is 153 g/mol. The van der Waals surface area contributed by atoms with Gasteiger partial charge in [-0.2, -0.15) is 0 Å². The van der Waals surface area contributed by atoms with Crippen LogP contribution in [0.15, 0.2) is 12.7 Å². The van der Waals surface area contributed by atoms with E-state index in [4.69, 9.17) is 0 Å². The highest BCUT2D eigenvalue weighted by Crippen LogP contribution is 2.48. The van der Waals surface area contributed by atoms with Gasteiger partial charge in [0.2, 0.25) is 0 Å². The molecule has 0 spiro atoms. The normalized spacial score (nSPS) is 35.8. The maximum absolute atomic E-state index is 3.83. The summed E-state index contributed by atoms with van der Waals surface area (Å²) < 4.78 is 0. The Morgan fingerprint density at radius 2 is 2.36 bits per heavy atom. The Morgan fingerprint density at radius 1 is 1.73 bits per heavy atom. The standard InChI is InChI=1S/C10H19N/c1-5-7-11(4)10(3)8-9(10)6-2/h6,9H,2,5,7-8H2,1,3-4H3. The average Bonchev–Trinajstić information content (AvgIpc) is 2.64. The van der Waals surface area contributed by atoms with Gasteiger partial charge in [0, 0.05) is 5.54 Å². The summed E-state index contributed by atoms with van der Waals surface area (Å²) in [6.07, 6.45) is 4.63. The summed E-state index contributed by atoms with van der Waals surface area (Å²) in [5.41, 5.74) is 0.442. The Kier molecular flexibility index (Phi) is 2.38. The van der Waals surface area contributed by atoms with Crippen LogP contribution in [0.1, 0.15) is 26.7 Å². The monoisotopic (exact) mass is 153 g/mol. The van der Waals surface area contributed by atoms with Gasteiger partial charge in [-0.25, -0.2) is 0 Å². The summed E-state index contributed by atoms with van der Waals surface area (Å²) in [5, 5.41) is 0. The summed E-state index contributed by atoms with van der Waals surface area (Å²) >= 11 is 0. The molecule has 2 unspecified atom stereocenters. The first-order chi connectivity index (χ1) is 5.15. The van der Waals surface area contributed by atoms with Crippen molar-refractivity contribution in [3.63, 3.8) is 0 Å². The third-order valence-electron chi connectivity index (χ3n) is 2.99. The highest BCUT2D eigenvalue weighted by atomic mass is 15.2. The fraction of sp³-hybridized carbons (Fsp3) is 0.800. The molecule has 0 aromatic heterocycles. The topological polar surface area (TPSA) is 3.24 Å². The zero-order valence-electron chi connectivity index (χ0n) is 7.93. The van der Waals surface area contributed by atoms with Gasteiger partial charge in [-0.05, 0) is 39.3 Å². The van der Waals surface area contributed by atoms with Crippen molar-refractivity contribution >= 4 is 0 Å². The minimum atomic E-state index is 0.442. The third kappa shape index (κ3) is 1.48. The van der Waals surface area contributed by atoms with Crippen LogP contribution in [0, 0.1) is 5.92 Å². The highest BCUT2D eigenvalue weighted by molar-refractivity contribution is 5.14. The summed E-state index contributed by atoms with van der Waals surface area (Å²) in [6.45, 7) is 9.60. The van der Waals surface area contributed by atoms with Gasteiger partial charge in [0.15, 0.2) is 0 Å². The van der Waals surface area contributed by atoms with Crippen molar-refractivity contribution in [2.24, 2.45) is 5.92 Å². The molecule has 1 saturated carbocycles. The van der Waals surface area contributed by atoms with E-state index in [1.165, 1.54) is 19.4 Å². The van der Waals surface area contributed by atoms with E-state index in [0.717, 1.165) is 5.92 Å². The van der Waals surface area contributed by atoms with Crippen LogP contribution in [0.4, 0.5) is 0 Å². The summed E-state index contributed by atoms with van der Waals surface area (Å²) in [7, 11) is 2.22. The third-order valence-corrected chi connectivity index (χ3v) is 2.99. The lowest BCUT2D eigenvalue weighted by atomic mass is 10.2. The molecule has 1 fully saturated rings. The van der Waals surface area contributed by atoms with Crippen molar-refractivity contribution in [2.75, 3.05) is 13.6 Å². The van der Waals surface area contributed by atoms with Gasteiger partial charge in [-0.3, -0.25) is 0 Å². The maximum Gasteiger partial charge on any atom is 0.0247 e. The summed E-state index contributed by atoms with van der Waals surface area (Å²) in [6, 6.07) is 0. The molecule has 11 heavy (non-hydrogen) atoms. The quantitative estimate of drug-likeness (QED) is 0.560. The molecule has 0 radical (unpaired) electrons. The van der Waals surface area contributed by atoms with Gasteiger partial charge < -0.3 is 4.90 Å². The fourth-order valence-corrected chi connectivity index (χ4v) is 1.75. The minimum absolute atomic E-state index is 0.442. The zero-order valence-corrected chi connectivity index (χ0v) is 7.93. The Balaban J connectivity index is 2.42. The second-order valence-corrected chi connectivity index (χ2v) is 3.83. The zero-order chi connectivity index (χ0) is 8.48. The van der Waals surface area contributed by atoms with Crippen molar-refractivity contribution in [2.45, 2.75) is 32.2 Å². The van der Waals surface area contributed by atoms with Gasteiger partial charge in [0.1, 0.15) is 0 Å². The highest BCUT2D eigenvalue weighted by Gasteiger charge is 2.50. The van der Waals surface area contributed by atoms with Gasteiger partial charge >= 0.3 is 0 Å². The van der Waals surface area contributed by atoms with E-state index in [1.54, 1.807) is 0 Å². The lowest BCUT2D eigenvalue weighted by Crippen LogP contribution is -2.33. The molecule has 0 aliphatic heterocycles. The first-order valence-electron chi connectivity index (χ1n) is 4.49. The molecule has 0 N–H and O–H groups in total. The van der Waals surface area contributed by atoms with E-state index < -0.39 is 0 Å². The predicted molar refractivity (Wildman–Crippen MR) is 49.6 cm³/mol. The van der Waals surface area contributed by atoms with Crippen LogP contribution in [0.3, 0.4) is 0 Å². The molecule has 1 aliphatic carbocycles. The Morgan fingerprint density at radius 3 is 2.73 bits per heavy atom. The molecule has 1 rings (SSSR count). The Bertz CT molecular complexity index is 153. The van der Waals surface area contributed by atoms with Crippen molar-refractivity contribution in [3.8, 4) is 0 Å². The number of nitrogens with zero attached hydrogens (tertiary/aromatic N) is 1. The Hall–Kier alpha value is -0.300. The molecule has 0 saturated heterocycles. The van der Waals surface area contributed by atoms with Crippen molar-refractivity contribution in [3.05, 3.63) is 12.7 Å². The number of rotatable bonds is 4. The van der Waals surface area contributed by atoms with E-state index >= 15 is 0 Å². The van der Waals surface area contributed by atoms with E-state index in [2.05, 4.69) is 38.5 Å². The van der Waals surface area contributed by atoms with Crippen LogP contribution >= 0.6 is 0 Å². The van der Waals surface area contributed by atoms with Crippen LogP contribution in [0.5, 0.6) is 0 Å². The summed E-state index contributed by atoms with van der Waals surface area (Å²) in [4.78, 5) is 2.46. The smallest absolute Gasteiger partial charge is 0.0247 e. The van der Waals surface area contributed by atoms with Crippen LogP contribution < -0.4 is 0 Å². The molecule has 1 heteroatoms. The van der Waals surface area contributed by atoms with Gasteiger partial charge in [-0.1, -0.05) is 13.0 Å². The largest absolute Gasteiger partial charge is 0.300 e. The first kappa shape index (κ1) is 8.79. The molecular weight excluding hydrogens is 134 g/mol. The molecule has 64 valence electrons. The summed E-state index contributed by atoms with van der Waals surface area (Å²) in [5.74, 6) is 0.735. The van der Waals surface area contributed by atoms with Crippen LogP contribution in [-0.4, -0.2) is 24.0 Å². The van der Waals surface area contributed by atoms with E-state index in [-0.39, 0.29) is 0 Å². The van der Waals surface area contributed by atoms with E-state index in [9.17, 15) is 0 Å². The molecule has 1 aliphatic rings. The SMILES string of the molecule is C=CC1CC1(C)N(C)CCC. The first-order valence-corrected chi connectivity index (χ1v) is 4.49. The van der Waals surface area contributed by atoms with E-state index in [1.807, 2.05) is 0 Å². The van der Waals surface area contributed by atoms with Crippen molar-refractivity contribution < 1.29 is 0 Å². The Labute approximate surface area is 70.1 Å². The second-order valence-electron chi connectivity index (χ2n) is 3.83. The molecule has 0 amide bonds. The van der Waals surface area contributed by atoms with Crippen LogP contribution in [0.25, 0.3) is 0 Å². The number of hydrogen-bond acceptors (Lipinski definition) is 1. The van der Waals surface area contributed by atoms with Gasteiger partial charge in [0.25, 0.3) is 0 Å². The molecule has 1 nitrogen and oxygen atoms in total. The number of hydrogen-bond donors (Lipinski definition) is 0. The minimum Gasteiger partial charge on any atom is -0.300 e. The predicted octanol–water partition coefficient (Wildman–Crippen LogP) is 2.29. The second kappa shape index (κ2) is 2.98. The molecule has 0 aromatic rings. The molecular formula is C10H19N. The van der Waals surface area contributed by atoms with Crippen molar-refractivity contribution in [1.82, 2.24) is 4.90 Å². The molecule has 0 bridgehead atoms. The maximum atomic E-state index is 3.83. The van der Waals surface area contributed by atoms with Gasteiger partial charge in [0.05, 0.1) is 0 Å². The van der Waals surface area contributed by atoms with Crippen LogP contribution in [-0.2, 0) is 0 Å². The molecule has 0 aromatic carbocycles.